The lowest BCUT2D eigenvalue weighted by molar-refractivity contribution is -0.429. The largest absolute Gasteiger partial charge is 0.726 e. The molecule has 10 nitrogen and oxygen atoms in total. The van der Waals surface area contributed by atoms with Gasteiger partial charge in [-0.25, -0.2) is 18.0 Å². The van der Waals surface area contributed by atoms with Crippen LogP contribution in [0.4, 0.5) is 5.69 Å². The highest BCUT2D eigenvalue weighted by Gasteiger charge is 2.39. The highest BCUT2D eigenvalue weighted by atomic mass is 32.3. The minimum atomic E-state index is -4.42. The Hall–Kier alpha value is -3.10. The lowest BCUT2D eigenvalue weighted by Crippen LogP contribution is -2.26. The van der Waals surface area contributed by atoms with Gasteiger partial charge in [0.05, 0.1) is 18.8 Å². The number of carboxylic acid groups (broad SMARTS) is 1. The molecule has 0 saturated heterocycles. The van der Waals surface area contributed by atoms with Gasteiger partial charge in [-0.15, -0.1) is 4.58 Å². The topological polar surface area (TPSA) is 136 Å². The van der Waals surface area contributed by atoms with Crippen LogP contribution in [-0.4, -0.2) is 57.8 Å². The molecule has 0 bridgehead atoms. The fourth-order valence-corrected chi connectivity index (χ4v) is 5.89. The first-order chi connectivity index (χ1) is 18.1. The summed E-state index contributed by atoms with van der Waals surface area (Å²) < 4.78 is 40.1. The Morgan fingerprint density at radius 2 is 1.84 bits per heavy atom. The summed E-state index contributed by atoms with van der Waals surface area (Å²) in [5.74, 6) is 0.794. The Kier molecular flexibility index (Phi) is 10.6. The zero-order valence-electron chi connectivity index (χ0n) is 20.6. The molecule has 1 N–H and O–H groups in total. The molecule has 202 valence electrons. The number of carboxylic acids is 1. The number of anilines is 1. The predicted molar refractivity (Wildman–Crippen MR) is 146 cm³/mol. The van der Waals surface area contributed by atoms with Crippen LogP contribution in [0.1, 0.15) is 19.4 Å². The van der Waals surface area contributed by atoms with E-state index in [9.17, 15) is 22.6 Å². The number of allylic oxidation sites excluding steroid dienone is 2. The summed E-state index contributed by atoms with van der Waals surface area (Å²) in [6, 6.07) is 17.9. The van der Waals surface area contributed by atoms with Crippen LogP contribution in [0.5, 0.6) is 5.75 Å². The Bertz CT molecular complexity index is 1370. The third-order valence-electron chi connectivity index (χ3n) is 4.89. The van der Waals surface area contributed by atoms with Crippen molar-refractivity contribution in [2.24, 2.45) is 0 Å². The zero-order valence-corrected chi connectivity index (χ0v) is 23.1. The molecule has 2 aliphatic heterocycles. The third-order valence-corrected chi connectivity index (χ3v) is 7.70. The number of aliphatic carboxylic acids is 1. The van der Waals surface area contributed by atoms with E-state index in [0.29, 0.717) is 21.7 Å². The van der Waals surface area contributed by atoms with Gasteiger partial charge in [0.15, 0.2) is 5.75 Å². The van der Waals surface area contributed by atoms with Crippen LogP contribution in [-0.2, 0) is 30.7 Å². The maximum absolute atomic E-state index is 12.8. The molecule has 0 spiro atoms. The molecular formula is C25H26N2O8S3. The quantitative estimate of drug-likeness (QED) is 0.212. The number of rotatable bonds is 8. The maximum Gasteiger partial charge on any atom is 0.428 e. The smallest absolute Gasteiger partial charge is 0.428 e. The number of benzene rings is 2. The molecule has 0 radical (unpaired) electrons. The highest BCUT2D eigenvalue weighted by Crippen LogP contribution is 2.40. The molecule has 0 unspecified atom stereocenters. The van der Waals surface area contributed by atoms with Crippen molar-refractivity contribution in [1.82, 2.24) is 0 Å². The molecule has 38 heavy (non-hydrogen) atoms. The number of hydrogen-bond acceptors (Lipinski definition) is 10. The van der Waals surface area contributed by atoms with E-state index in [2.05, 4.69) is 21.2 Å². The van der Waals surface area contributed by atoms with Crippen LogP contribution in [0.25, 0.3) is 0 Å². The first kappa shape index (κ1) is 29.5. The van der Waals surface area contributed by atoms with Crippen LogP contribution < -0.4 is 9.64 Å². The van der Waals surface area contributed by atoms with E-state index in [1.165, 1.54) is 35.0 Å². The number of thioether (sulfide) groups is 2. The van der Waals surface area contributed by atoms with Gasteiger partial charge in [-0.1, -0.05) is 49.4 Å². The van der Waals surface area contributed by atoms with Crippen LogP contribution in [0.15, 0.2) is 77.5 Å². The van der Waals surface area contributed by atoms with Crippen LogP contribution >= 0.6 is 23.5 Å². The lowest BCUT2D eigenvalue weighted by Gasteiger charge is -2.18. The summed E-state index contributed by atoms with van der Waals surface area (Å²) >= 11 is 2.77. The Balaban J connectivity index is 0.000000505. The van der Waals surface area contributed by atoms with Gasteiger partial charge in [-0.2, -0.15) is 0 Å². The molecule has 2 heterocycles. The maximum atomic E-state index is 12.8. The summed E-state index contributed by atoms with van der Waals surface area (Å²) in [4.78, 5) is 26.5. The normalized spacial score (nSPS) is 16.9. The lowest BCUT2D eigenvalue weighted by atomic mass is 10.2. The molecular weight excluding hydrogens is 552 g/mol. The van der Waals surface area contributed by atoms with Gasteiger partial charge < -0.3 is 19.3 Å². The number of ether oxygens (including phenoxy) is 1. The SMILES string of the molecule is CCOS(=O)(=O)[O-].CCSC1=[N+](CC(=O)O)C(=O)/C(=C/C=C2/Oc3ccccc3N2Cc2ccccc2)S1. The minimum absolute atomic E-state index is 0.0914. The number of nitrogens with zero attached hydrogens (tertiary/aromatic N) is 2. The van der Waals surface area contributed by atoms with Gasteiger partial charge in [-0.3, -0.25) is 4.18 Å². The van der Waals surface area contributed by atoms with Gasteiger partial charge in [0, 0.05) is 11.8 Å². The standard InChI is InChI=1S/C23H20N2O4S2.C2H6O4S/c1-2-30-23-25(15-21(26)27)22(28)19(31-23)12-13-20-24(14-16-8-4-3-5-9-16)17-10-6-7-11-18(17)29-20;1-2-6-7(3,4)5/h3-13H,2,14-15H2,1H3;2H2,1H3,(H,3,4,5)/b19-12-,20-13+;. The number of carbonyl (C=O) groups excluding carboxylic acids is 1. The summed E-state index contributed by atoms with van der Waals surface area (Å²) in [5, 5.41) is 9.16. The Morgan fingerprint density at radius 1 is 1.16 bits per heavy atom. The van der Waals surface area contributed by atoms with Crippen molar-refractivity contribution >= 4 is 55.9 Å². The van der Waals surface area contributed by atoms with Crippen molar-refractivity contribution in [1.29, 1.82) is 0 Å². The van der Waals surface area contributed by atoms with E-state index in [0.717, 1.165) is 22.8 Å². The third kappa shape index (κ3) is 8.20. The summed E-state index contributed by atoms with van der Waals surface area (Å²) in [7, 11) is -4.42. The molecule has 0 fully saturated rings. The van der Waals surface area contributed by atoms with E-state index in [1.807, 2.05) is 49.4 Å². The van der Waals surface area contributed by atoms with Crippen LogP contribution in [0.2, 0.25) is 0 Å². The Labute approximate surface area is 229 Å². The number of para-hydroxylation sites is 2. The molecule has 0 atom stereocenters. The fourth-order valence-electron chi connectivity index (χ4n) is 3.41. The molecule has 2 aromatic rings. The Morgan fingerprint density at radius 3 is 2.45 bits per heavy atom. The molecule has 4 rings (SSSR count). The first-order valence-corrected chi connectivity index (χ1v) is 14.6. The molecule has 0 saturated carbocycles. The van der Waals surface area contributed by atoms with Gasteiger partial charge in [0.2, 0.25) is 22.8 Å². The summed E-state index contributed by atoms with van der Waals surface area (Å²) in [6.45, 7) is 3.59. The average Bonchev–Trinajstić information content (AvgIpc) is 3.35. The van der Waals surface area contributed by atoms with Crippen molar-refractivity contribution in [2.75, 3.05) is 23.8 Å². The monoisotopic (exact) mass is 578 g/mol. The van der Waals surface area contributed by atoms with Gasteiger partial charge in [0.25, 0.3) is 4.38 Å². The number of carbonyl (C=O) groups is 2. The average molecular weight is 579 g/mol. The number of hydrogen-bond donors (Lipinski definition) is 1. The minimum Gasteiger partial charge on any atom is -0.726 e. The molecule has 2 aliphatic rings. The van der Waals surface area contributed by atoms with Crippen LogP contribution in [0.3, 0.4) is 0 Å². The molecule has 2 aromatic carbocycles. The molecule has 13 heteroatoms. The number of fused-ring (bicyclic) bond motifs is 1. The fraction of sp³-hybridized carbons (Fsp3) is 0.240. The number of amides is 1. The van der Waals surface area contributed by atoms with Gasteiger partial charge >= 0.3 is 11.9 Å². The van der Waals surface area contributed by atoms with Crippen molar-refractivity contribution < 1.29 is 41.2 Å². The van der Waals surface area contributed by atoms with Crippen molar-refractivity contribution in [3.8, 4) is 5.75 Å². The van der Waals surface area contributed by atoms with E-state index < -0.39 is 16.4 Å². The molecule has 0 aliphatic carbocycles. The summed E-state index contributed by atoms with van der Waals surface area (Å²) in [5.41, 5.74) is 2.10. The van der Waals surface area contributed by atoms with E-state index in [-0.39, 0.29) is 19.1 Å². The van der Waals surface area contributed by atoms with Crippen LogP contribution in [0, 0.1) is 0 Å². The second kappa shape index (κ2) is 13.6. The second-order valence-electron chi connectivity index (χ2n) is 7.58. The second-order valence-corrected chi connectivity index (χ2v) is 11.2. The van der Waals surface area contributed by atoms with Gasteiger partial charge in [-0.05, 0) is 54.2 Å². The van der Waals surface area contributed by atoms with E-state index in [1.54, 1.807) is 12.2 Å². The van der Waals surface area contributed by atoms with Crippen molar-refractivity contribution in [2.45, 2.75) is 20.4 Å². The van der Waals surface area contributed by atoms with Crippen molar-refractivity contribution in [3.63, 3.8) is 0 Å². The van der Waals surface area contributed by atoms with E-state index in [4.69, 9.17) is 9.84 Å². The molecule has 1 amide bonds. The van der Waals surface area contributed by atoms with Crippen molar-refractivity contribution in [3.05, 3.63) is 83.1 Å². The predicted octanol–water partition coefficient (Wildman–Crippen LogP) is 3.77. The molecule has 0 aromatic heterocycles. The highest BCUT2D eigenvalue weighted by molar-refractivity contribution is 8.40. The summed E-state index contributed by atoms with van der Waals surface area (Å²) in [6.07, 6.45) is 3.49. The first-order valence-electron chi connectivity index (χ1n) is 11.4. The zero-order chi connectivity index (χ0) is 27.7. The van der Waals surface area contributed by atoms with E-state index >= 15 is 0 Å². The van der Waals surface area contributed by atoms with Gasteiger partial charge in [0.1, 0.15) is 4.91 Å².